The average Bonchev–Trinajstić information content (AvgIpc) is 3.64. The standard InChI is InChI=1S/C31H35N8O6P/c1-4-38(23-15-11-21(12-16-23)8-7-20-9-13-22(34-2)14-10-20)17-5-6-24(40)27-28(44-46(3,42)45-33)26(41)31(43-27)39-19-37-25-29(32)35-18-36-30(25)39/h7-16,18-19,26-28,31,41H,4-6,17,33H2,1,3H3,(H2,32,35,36)/b8-7+/t26-,27-,28+,31-,46?/m1/s1. The first-order chi connectivity index (χ1) is 22.1. The predicted molar refractivity (Wildman–Crippen MR) is 174 cm³/mol. The van der Waals surface area contributed by atoms with Gasteiger partial charge < -0.3 is 20.5 Å². The third-order valence-electron chi connectivity index (χ3n) is 7.68. The van der Waals surface area contributed by atoms with Crippen LogP contribution in [0.4, 0.5) is 17.2 Å². The number of hydrogen-bond donors (Lipinski definition) is 3. The number of benzene rings is 2. The average molecular weight is 647 g/mol. The molecule has 15 heteroatoms. The van der Waals surface area contributed by atoms with E-state index in [9.17, 15) is 14.5 Å². The molecule has 0 radical (unpaired) electrons. The SMILES string of the molecule is [C-]#[N+]c1ccc(/C=C/c2ccc(N(CC)CCCC(=O)[C@H]3O[C@@H](n4cnc5c(N)ncnc54)[C@H](O)[C@@H]3OP(C)(=O)ON)cc2)cc1. The van der Waals surface area contributed by atoms with Gasteiger partial charge in [-0.2, -0.15) is 0 Å². The van der Waals surface area contributed by atoms with Crippen molar-refractivity contribution in [3.63, 3.8) is 0 Å². The molecule has 0 spiro atoms. The summed E-state index contributed by atoms with van der Waals surface area (Å²) in [4.78, 5) is 31.4. The van der Waals surface area contributed by atoms with E-state index in [0.717, 1.165) is 30.0 Å². The van der Waals surface area contributed by atoms with Gasteiger partial charge in [0.2, 0.25) is 0 Å². The minimum atomic E-state index is -3.82. The van der Waals surface area contributed by atoms with Gasteiger partial charge in [-0.05, 0) is 36.6 Å². The van der Waals surface area contributed by atoms with Gasteiger partial charge in [0.1, 0.15) is 30.2 Å². The zero-order valence-corrected chi connectivity index (χ0v) is 26.2. The molecule has 1 fully saturated rings. The van der Waals surface area contributed by atoms with Crippen LogP contribution in [0.2, 0.25) is 0 Å². The molecule has 2 aromatic heterocycles. The smallest absolute Gasteiger partial charge is 0.344 e. The number of nitrogens with zero attached hydrogens (tertiary/aromatic N) is 6. The second-order valence-electron chi connectivity index (χ2n) is 10.7. The first-order valence-corrected chi connectivity index (χ1v) is 16.6. The first-order valence-electron chi connectivity index (χ1n) is 14.6. The molecule has 2 aromatic carbocycles. The van der Waals surface area contributed by atoms with Gasteiger partial charge >= 0.3 is 7.60 Å². The van der Waals surface area contributed by atoms with E-state index < -0.39 is 32.1 Å². The van der Waals surface area contributed by atoms with E-state index in [1.54, 1.807) is 12.1 Å². The molecular weight excluding hydrogens is 611 g/mol. The number of hydrogen-bond acceptors (Lipinski definition) is 12. The summed E-state index contributed by atoms with van der Waals surface area (Å²) < 4.78 is 30.1. The summed E-state index contributed by atoms with van der Waals surface area (Å²) in [6, 6.07) is 15.5. The number of nitrogen functional groups attached to an aromatic ring is 1. The van der Waals surface area contributed by atoms with Gasteiger partial charge in [-0.1, -0.05) is 48.6 Å². The molecule has 5 rings (SSSR count). The van der Waals surface area contributed by atoms with Gasteiger partial charge in [0.15, 0.2) is 29.2 Å². The monoisotopic (exact) mass is 646 g/mol. The topological polar surface area (TPSA) is 185 Å². The molecule has 4 aromatic rings. The predicted octanol–water partition coefficient (Wildman–Crippen LogP) is 4.36. The van der Waals surface area contributed by atoms with Crippen LogP contribution in [0.5, 0.6) is 0 Å². The van der Waals surface area contributed by atoms with Crippen molar-refractivity contribution < 1.29 is 28.4 Å². The number of imidazole rings is 1. The van der Waals surface area contributed by atoms with Crippen molar-refractivity contribution in [3.05, 3.63) is 83.7 Å². The number of aromatic nitrogens is 4. The number of carbonyl (C=O) groups is 1. The van der Waals surface area contributed by atoms with E-state index in [1.165, 1.54) is 17.2 Å². The Balaban J connectivity index is 1.23. The summed E-state index contributed by atoms with van der Waals surface area (Å²) in [5.41, 5.74) is 10.1. The van der Waals surface area contributed by atoms with Crippen molar-refractivity contribution >= 4 is 53.9 Å². The molecule has 1 saturated heterocycles. The van der Waals surface area contributed by atoms with E-state index in [2.05, 4.69) is 29.3 Å². The van der Waals surface area contributed by atoms with Crippen molar-refractivity contribution in [1.82, 2.24) is 19.5 Å². The molecule has 5 N–H and O–H groups in total. The lowest BCUT2D eigenvalue weighted by Gasteiger charge is -2.24. The molecule has 0 amide bonds. The Morgan fingerprint density at radius 1 is 1.15 bits per heavy atom. The van der Waals surface area contributed by atoms with Crippen LogP contribution in [0.1, 0.15) is 37.1 Å². The lowest BCUT2D eigenvalue weighted by atomic mass is 10.0. The zero-order chi connectivity index (χ0) is 32.8. The van der Waals surface area contributed by atoms with Crippen molar-refractivity contribution in [2.24, 2.45) is 5.90 Å². The van der Waals surface area contributed by atoms with Crippen LogP contribution < -0.4 is 16.5 Å². The summed E-state index contributed by atoms with van der Waals surface area (Å²) in [5.74, 6) is 4.95. The maximum atomic E-state index is 13.5. The zero-order valence-electron chi connectivity index (χ0n) is 25.3. The summed E-state index contributed by atoms with van der Waals surface area (Å²) in [6.07, 6.45) is 2.02. The Morgan fingerprint density at radius 3 is 2.46 bits per heavy atom. The highest BCUT2D eigenvalue weighted by molar-refractivity contribution is 7.52. The molecule has 1 aliphatic heterocycles. The summed E-state index contributed by atoms with van der Waals surface area (Å²) in [7, 11) is -3.82. The van der Waals surface area contributed by atoms with Gasteiger partial charge in [-0.15, -0.1) is 0 Å². The minimum absolute atomic E-state index is 0.102. The summed E-state index contributed by atoms with van der Waals surface area (Å²) in [5, 5.41) is 11.2. The normalized spacial score (nSPS) is 20.9. The Bertz CT molecular complexity index is 1790. The molecule has 1 unspecified atom stereocenters. The number of aliphatic hydroxyl groups excluding tert-OH is 1. The largest absolute Gasteiger partial charge is 0.386 e. The molecule has 14 nitrogen and oxygen atoms in total. The van der Waals surface area contributed by atoms with Gasteiger partial charge in [-0.25, -0.2) is 30.3 Å². The van der Waals surface area contributed by atoms with Crippen LogP contribution in [0.15, 0.2) is 61.2 Å². The Kier molecular flexibility index (Phi) is 10.2. The van der Waals surface area contributed by atoms with Gasteiger partial charge in [0, 0.05) is 31.9 Å². The highest BCUT2D eigenvalue weighted by atomic mass is 31.2. The van der Waals surface area contributed by atoms with E-state index in [1.807, 2.05) is 55.5 Å². The molecule has 5 atom stereocenters. The van der Waals surface area contributed by atoms with Crippen LogP contribution in [-0.4, -0.2) is 68.5 Å². The third-order valence-corrected chi connectivity index (χ3v) is 8.69. The Labute approximate surface area is 265 Å². The number of ether oxygens (including phenoxy) is 1. The van der Waals surface area contributed by atoms with E-state index in [0.29, 0.717) is 24.2 Å². The highest BCUT2D eigenvalue weighted by Gasteiger charge is 2.51. The van der Waals surface area contributed by atoms with E-state index in [-0.39, 0.29) is 23.7 Å². The fraction of sp³-hybridized carbons (Fsp3) is 0.323. The number of nitrogens with two attached hydrogens (primary N) is 2. The van der Waals surface area contributed by atoms with Crippen molar-refractivity contribution in [1.29, 1.82) is 0 Å². The van der Waals surface area contributed by atoms with Crippen LogP contribution >= 0.6 is 7.60 Å². The maximum absolute atomic E-state index is 13.5. The van der Waals surface area contributed by atoms with Crippen molar-refractivity contribution in [2.45, 2.75) is 44.3 Å². The molecular formula is C31H35N8O6P. The number of rotatable bonds is 13. The fourth-order valence-corrected chi connectivity index (χ4v) is 5.99. The van der Waals surface area contributed by atoms with E-state index >= 15 is 0 Å². The summed E-state index contributed by atoms with van der Waals surface area (Å²) >= 11 is 0. The molecule has 1 aliphatic rings. The minimum Gasteiger partial charge on any atom is -0.386 e. The van der Waals surface area contributed by atoms with Crippen LogP contribution in [0.3, 0.4) is 0 Å². The summed E-state index contributed by atoms with van der Waals surface area (Å²) in [6.45, 7) is 11.5. The number of Topliss-reactive ketones (excluding diaryl/α,β-unsaturated/α-hetero) is 1. The molecule has 240 valence electrons. The third kappa shape index (κ3) is 7.32. The molecule has 46 heavy (non-hydrogen) atoms. The van der Waals surface area contributed by atoms with Crippen molar-refractivity contribution in [2.75, 3.05) is 30.4 Å². The first kappa shape index (κ1) is 32.9. The Morgan fingerprint density at radius 2 is 1.83 bits per heavy atom. The lowest BCUT2D eigenvalue weighted by molar-refractivity contribution is -0.135. The fourth-order valence-electron chi connectivity index (χ4n) is 5.26. The van der Waals surface area contributed by atoms with Crippen molar-refractivity contribution in [3.8, 4) is 0 Å². The maximum Gasteiger partial charge on any atom is 0.344 e. The van der Waals surface area contributed by atoms with Gasteiger partial charge in [0.25, 0.3) is 0 Å². The number of ketones is 1. The molecule has 0 aliphatic carbocycles. The number of carbonyl (C=O) groups excluding carboxylic acids is 1. The van der Waals surface area contributed by atoms with Crippen LogP contribution in [0, 0.1) is 6.57 Å². The van der Waals surface area contributed by atoms with Crippen LogP contribution in [-0.2, 0) is 23.2 Å². The number of aliphatic hydroxyl groups is 1. The molecule has 3 heterocycles. The number of fused-ring (bicyclic) bond motifs is 1. The second kappa shape index (κ2) is 14.3. The molecule has 0 saturated carbocycles. The lowest BCUT2D eigenvalue weighted by Crippen LogP contribution is -2.38. The second-order valence-corrected chi connectivity index (χ2v) is 12.7. The van der Waals surface area contributed by atoms with Crippen LogP contribution in [0.25, 0.3) is 28.2 Å². The van der Waals surface area contributed by atoms with E-state index in [4.69, 9.17) is 27.5 Å². The quantitative estimate of drug-likeness (QED) is 0.0808. The van der Waals surface area contributed by atoms with Gasteiger partial charge in [-0.3, -0.25) is 18.5 Å². The Hall–Kier alpha value is -4.48. The number of anilines is 2. The van der Waals surface area contributed by atoms with Gasteiger partial charge in [0.05, 0.1) is 12.9 Å². The highest BCUT2D eigenvalue weighted by Crippen LogP contribution is 2.48. The molecule has 0 bridgehead atoms.